The van der Waals surface area contributed by atoms with E-state index in [1.165, 1.54) is 6.07 Å². The van der Waals surface area contributed by atoms with Gasteiger partial charge in [0.15, 0.2) is 5.88 Å². The van der Waals surface area contributed by atoms with E-state index in [1.807, 2.05) is 18.7 Å². The zero-order valence-corrected chi connectivity index (χ0v) is 9.40. The molecular formula is C11H15NO4. The molecule has 5 nitrogen and oxygen atoms in total. The van der Waals surface area contributed by atoms with Gasteiger partial charge in [-0.1, -0.05) is 0 Å². The average molecular weight is 225 g/mol. The van der Waals surface area contributed by atoms with Gasteiger partial charge >= 0.3 is 5.97 Å². The van der Waals surface area contributed by atoms with E-state index in [-0.39, 0.29) is 11.3 Å². The summed E-state index contributed by atoms with van der Waals surface area (Å²) in [5, 5.41) is 8.79. The number of morpholine rings is 1. The maximum Gasteiger partial charge on any atom is 0.371 e. The summed E-state index contributed by atoms with van der Waals surface area (Å²) in [5.74, 6) is -0.486. The molecular weight excluding hydrogens is 210 g/mol. The molecule has 0 unspecified atom stereocenters. The summed E-state index contributed by atoms with van der Waals surface area (Å²) in [7, 11) is 0. The maximum absolute atomic E-state index is 10.7. The van der Waals surface area contributed by atoms with Crippen molar-refractivity contribution >= 4 is 11.9 Å². The van der Waals surface area contributed by atoms with E-state index in [0.29, 0.717) is 25.6 Å². The van der Waals surface area contributed by atoms with Gasteiger partial charge in [-0.25, -0.2) is 4.79 Å². The zero-order chi connectivity index (χ0) is 11.8. The molecule has 1 saturated heterocycles. The third-order valence-electron chi connectivity index (χ3n) is 2.71. The van der Waals surface area contributed by atoms with Gasteiger partial charge in [0.05, 0.1) is 18.8 Å². The van der Waals surface area contributed by atoms with Crippen LogP contribution < -0.4 is 4.90 Å². The van der Waals surface area contributed by atoms with Crippen LogP contribution in [0.25, 0.3) is 0 Å². The lowest BCUT2D eigenvalue weighted by Gasteiger charge is -2.41. The first-order chi connectivity index (χ1) is 7.50. The summed E-state index contributed by atoms with van der Waals surface area (Å²) in [5.41, 5.74) is -0.175. The van der Waals surface area contributed by atoms with Gasteiger partial charge < -0.3 is 19.2 Å². The third kappa shape index (κ3) is 1.90. The lowest BCUT2D eigenvalue weighted by atomic mass is 10.0. The Kier molecular flexibility index (Phi) is 2.63. The van der Waals surface area contributed by atoms with Crippen molar-refractivity contribution in [2.45, 2.75) is 19.4 Å². The first-order valence-corrected chi connectivity index (χ1v) is 5.19. The molecule has 1 aromatic heterocycles. The first-order valence-electron chi connectivity index (χ1n) is 5.19. The molecule has 1 aromatic rings. The second kappa shape index (κ2) is 3.83. The summed E-state index contributed by atoms with van der Waals surface area (Å²) < 4.78 is 10.7. The predicted molar refractivity (Wildman–Crippen MR) is 57.9 cm³/mol. The Bertz CT molecular complexity index is 396. The summed E-state index contributed by atoms with van der Waals surface area (Å²) >= 11 is 0. The van der Waals surface area contributed by atoms with Crippen molar-refractivity contribution in [2.75, 3.05) is 24.7 Å². The smallest absolute Gasteiger partial charge is 0.371 e. The standard InChI is InChI=1S/C11H15NO4/c1-11(2)7-15-6-5-12(11)9-4-3-8(16-9)10(13)14/h3-4H,5-7H2,1-2H3,(H,13,14). The second-order valence-corrected chi connectivity index (χ2v) is 4.46. The summed E-state index contributed by atoms with van der Waals surface area (Å²) in [4.78, 5) is 12.8. The third-order valence-corrected chi connectivity index (χ3v) is 2.71. The van der Waals surface area contributed by atoms with Crippen molar-refractivity contribution < 1.29 is 19.1 Å². The average Bonchev–Trinajstić information content (AvgIpc) is 2.65. The number of ether oxygens (including phenoxy) is 1. The number of hydrogen-bond acceptors (Lipinski definition) is 4. The Morgan fingerprint density at radius 2 is 2.25 bits per heavy atom. The van der Waals surface area contributed by atoms with Crippen LogP contribution in [0.3, 0.4) is 0 Å². The number of carboxylic acid groups (broad SMARTS) is 1. The minimum Gasteiger partial charge on any atom is -0.475 e. The molecule has 5 heteroatoms. The highest BCUT2D eigenvalue weighted by Crippen LogP contribution is 2.28. The summed E-state index contributed by atoms with van der Waals surface area (Å²) in [6.45, 7) is 6.02. The number of rotatable bonds is 2. The van der Waals surface area contributed by atoms with E-state index in [9.17, 15) is 4.79 Å². The molecule has 0 aliphatic carbocycles. The van der Waals surface area contributed by atoms with Crippen molar-refractivity contribution in [1.82, 2.24) is 0 Å². The molecule has 0 radical (unpaired) electrons. The molecule has 2 heterocycles. The molecule has 1 aliphatic heterocycles. The Labute approximate surface area is 93.6 Å². The molecule has 88 valence electrons. The fraction of sp³-hybridized carbons (Fsp3) is 0.545. The van der Waals surface area contributed by atoms with Crippen LogP contribution in [-0.2, 0) is 4.74 Å². The highest BCUT2D eigenvalue weighted by Gasteiger charge is 2.32. The van der Waals surface area contributed by atoms with Gasteiger partial charge in [0.1, 0.15) is 0 Å². The van der Waals surface area contributed by atoms with Crippen LogP contribution in [0.1, 0.15) is 24.4 Å². The van der Waals surface area contributed by atoms with Crippen LogP contribution in [0, 0.1) is 0 Å². The van der Waals surface area contributed by atoms with Gasteiger partial charge in [-0.2, -0.15) is 0 Å². The van der Waals surface area contributed by atoms with Gasteiger partial charge in [0, 0.05) is 12.6 Å². The molecule has 0 spiro atoms. The van der Waals surface area contributed by atoms with Crippen molar-refractivity contribution in [3.8, 4) is 0 Å². The monoisotopic (exact) mass is 225 g/mol. The number of carbonyl (C=O) groups is 1. The van der Waals surface area contributed by atoms with Gasteiger partial charge in [0.2, 0.25) is 5.76 Å². The van der Waals surface area contributed by atoms with E-state index >= 15 is 0 Å². The van der Waals surface area contributed by atoms with Crippen LogP contribution >= 0.6 is 0 Å². The lowest BCUT2D eigenvalue weighted by Crippen LogP contribution is -2.53. The fourth-order valence-corrected chi connectivity index (χ4v) is 1.85. The van der Waals surface area contributed by atoms with Crippen molar-refractivity contribution in [2.24, 2.45) is 0 Å². The van der Waals surface area contributed by atoms with Crippen molar-refractivity contribution in [1.29, 1.82) is 0 Å². The number of aromatic carboxylic acids is 1. The van der Waals surface area contributed by atoms with Crippen LogP contribution in [0.5, 0.6) is 0 Å². The quantitative estimate of drug-likeness (QED) is 0.828. The SMILES string of the molecule is CC1(C)COCCN1c1ccc(C(=O)O)o1. The summed E-state index contributed by atoms with van der Waals surface area (Å²) in [6.07, 6.45) is 0. The minimum atomic E-state index is -1.04. The van der Waals surface area contributed by atoms with E-state index in [0.717, 1.165) is 0 Å². The molecule has 0 aromatic carbocycles. The molecule has 1 fully saturated rings. The van der Waals surface area contributed by atoms with Gasteiger partial charge in [0.25, 0.3) is 0 Å². The van der Waals surface area contributed by atoms with Gasteiger partial charge in [-0.15, -0.1) is 0 Å². The predicted octanol–water partition coefficient (Wildman–Crippen LogP) is 1.59. The largest absolute Gasteiger partial charge is 0.475 e. The van der Waals surface area contributed by atoms with Crippen LogP contribution in [0.2, 0.25) is 0 Å². The molecule has 0 bridgehead atoms. The second-order valence-electron chi connectivity index (χ2n) is 4.46. The molecule has 2 rings (SSSR count). The number of hydrogen-bond donors (Lipinski definition) is 1. The zero-order valence-electron chi connectivity index (χ0n) is 9.40. The highest BCUT2D eigenvalue weighted by atomic mass is 16.5. The van der Waals surface area contributed by atoms with Gasteiger partial charge in [-0.3, -0.25) is 0 Å². The van der Waals surface area contributed by atoms with E-state index in [1.54, 1.807) is 6.07 Å². The summed E-state index contributed by atoms with van der Waals surface area (Å²) in [6, 6.07) is 3.17. The van der Waals surface area contributed by atoms with Crippen LogP contribution in [0.15, 0.2) is 16.5 Å². The molecule has 16 heavy (non-hydrogen) atoms. The van der Waals surface area contributed by atoms with Crippen molar-refractivity contribution in [3.05, 3.63) is 17.9 Å². The molecule has 0 saturated carbocycles. The number of anilines is 1. The Balaban J connectivity index is 2.25. The number of nitrogens with zero attached hydrogens (tertiary/aromatic N) is 1. The van der Waals surface area contributed by atoms with E-state index in [4.69, 9.17) is 14.3 Å². The minimum absolute atomic E-state index is 0.0303. The highest BCUT2D eigenvalue weighted by molar-refractivity contribution is 5.84. The molecule has 1 aliphatic rings. The Morgan fingerprint density at radius 3 is 2.81 bits per heavy atom. The Morgan fingerprint density at radius 1 is 1.50 bits per heavy atom. The fourth-order valence-electron chi connectivity index (χ4n) is 1.85. The van der Waals surface area contributed by atoms with E-state index < -0.39 is 5.97 Å². The molecule has 0 atom stereocenters. The normalized spacial score (nSPS) is 19.8. The number of furan rings is 1. The van der Waals surface area contributed by atoms with Crippen molar-refractivity contribution in [3.63, 3.8) is 0 Å². The topological polar surface area (TPSA) is 62.9 Å². The molecule has 1 N–H and O–H groups in total. The number of carboxylic acids is 1. The van der Waals surface area contributed by atoms with Crippen LogP contribution in [0.4, 0.5) is 5.88 Å². The maximum atomic E-state index is 10.7. The van der Waals surface area contributed by atoms with E-state index in [2.05, 4.69) is 0 Å². The first kappa shape index (κ1) is 11.0. The lowest BCUT2D eigenvalue weighted by molar-refractivity contribution is 0.0599. The van der Waals surface area contributed by atoms with Crippen LogP contribution in [-0.4, -0.2) is 36.4 Å². The Hall–Kier alpha value is -1.49. The van der Waals surface area contributed by atoms with Gasteiger partial charge in [-0.05, 0) is 19.9 Å². The molecule has 0 amide bonds.